The van der Waals surface area contributed by atoms with E-state index in [4.69, 9.17) is 18.0 Å². The summed E-state index contributed by atoms with van der Waals surface area (Å²) in [6.07, 6.45) is 2.25. The molecular formula is C14H21FN2S. The normalized spacial score (nSPS) is 12.7. The molecule has 0 aliphatic carbocycles. The van der Waals surface area contributed by atoms with Gasteiger partial charge in [0.1, 0.15) is 10.8 Å². The van der Waals surface area contributed by atoms with Crippen LogP contribution in [-0.4, -0.2) is 23.0 Å². The minimum Gasteiger partial charge on any atom is -0.389 e. The van der Waals surface area contributed by atoms with Crippen LogP contribution in [0.15, 0.2) is 18.2 Å². The molecule has 1 unspecified atom stereocenters. The first-order valence-electron chi connectivity index (χ1n) is 6.24. The van der Waals surface area contributed by atoms with Gasteiger partial charge in [-0.15, -0.1) is 0 Å². The second-order valence-electron chi connectivity index (χ2n) is 4.72. The summed E-state index contributed by atoms with van der Waals surface area (Å²) in [6.45, 7) is 4.91. The predicted molar refractivity (Wildman–Crippen MR) is 78.1 cm³/mol. The third kappa shape index (κ3) is 4.03. The molecule has 0 spiro atoms. The summed E-state index contributed by atoms with van der Waals surface area (Å²) in [5, 5.41) is 0. The Balaban J connectivity index is 2.76. The number of nitrogens with two attached hydrogens (primary N) is 1. The highest BCUT2D eigenvalue weighted by atomic mass is 32.1. The molecule has 1 rings (SSSR count). The standard InChI is InChI=1S/C14H21FN2S/c1-4-5-10(2)17(3)9-12-7-6-11(14(16)18)8-13(12)15/h6-8,10H,4-5,9H2,1-3H3,(H2,16,18). The maximum atomic E-state index is 13.9. The number of benzene rings is 1. The van der Waals surface area contributed by atoms with Crippen molar-refractivity contribution in [3.63, 3.8) is 0 Å². The first-order chi connectivity index (χ1) is 8.45. The Morgan fingerprint density at radius 2 is 2.17 bits per heavy atom. The molecule has 0 amide bonds. The maximum Gasteiger partial charge on any atom is 0.128 e. The lowest BCUT2D eigenvalue weighted by molar-refractivity contribution is 0.234. The summed E-state index contributed by atoms with van der Waals surface area (Å²) < 4.78 is 13.9. The fourth-order valence-electron chi connectivity index (χ4n) is 1.89. The molecule has 0 heterocycles. The molecule has 1 aromatic carbocycles. The van der Waals surface area contributed by atoms with Crippen LogP contribution in [0.1, 0.15) is 37.8 Å². The average Bonchev–Trinajstić information content (AvgIpc) is 2.31. The number of hydrogen-bond acceptors (Lipinski definition) is 2. The number of nitrogens with zero attached hydrogens (tertiary/aromatic N) is 1. The summed E-state index contributed by atoms with van der Waals surface area (Å²) in [6, 6.07) is 5.40. The molecule has 0 fully saturated rings. The Kier molecular flexibility index (Phi) is 5.69. The van der Waals surface area contributed by atoms with E-state index in [-0.39, 0.29) is 10.8 Å². The summed E-state index contributed by atoms with van der Waals surface area (Å²) >= 11 is 4.83. The Labute approximate surface area is 114 Å². The van der Waals surface area contributed by atoms with Crippen LogP contribution in [0.4, 0.5) is 4.39 Å². The van der Waals surface area contributed by atoms with Gasteiger partial charge in [-0.05, 0) is 26.5 Å². The third-order valence-electron chi connectivity index (χ3n) is 3.22. The number of rotatable bonds is 6. The highest BCUT2D eigenvalue weighted by molar-refractivity contribution is 7.80. The molecule has 2 N–H and O–H groups in total. The molecule has 0 bridgehead atoms. The van der Waals surface area contributed by atoms with E-state index in [0.29, 0.717) is 23.7 Å². The maximum absolute atomic E-state index is 13.9. The van der Waals surface area contributed by atoms with E-state index in [1.165, 1.54) is 6.07 Å². The molecule has 1 atom stereocenters. The van der Waals surface area contributed by atoms with Crippen molar-refractivity contribution in [1.82, 2.24) is 4.90 Å². The molecule has 18 heavy (non-hydrogen) atoms. The van der Waals surface area contributed by atoms with Gasteiger partial charge < -0.3 is 5.73 Å². The van der Waals surface area contributed by atoms with E-state index >= 15 is 0 Å². The average molecular weight is 268 g/mol. The van der Waals surface area contributed by atoms with E-state index in [1.54, 1.807) is 12.1 Å². The Morgan fingerprint density at radius 1 is 1.50 bits per heavy atom. The second-order valence-corrected chi connectivity index (χ2v) is 5.16. The molecule has 0 aliphatic rings. The molecule has 0 saturated carbocycles. The molecule has 0 aliphatic heterocycles. The van der Waals surface area contributed by atoms with Gasteiger partial charge in [-0.1, -0.05) is 37.7 Å². The largest absolute Gasteiger partial charge is 0.389 e. The van der Waals surface area contributed by atoms with Crippen molar-refractivity contribution in [2.45, 2.75) is 39.3 Å². The van der Waals surface area contributed by atoms with Gasteiger partial charge in [0.25, 0.3) is 0 Å². The Morgan fingerprint density at radius 3 is 2.67 bits per heavy atom. The quantitative estimate of drug-likeness (QED) is 0.804. The van der Waals surface area contributed by atoms with Crippen molar-refractivity contribution in [2.75, 3.05) is 7.05 Å². The van der Waals surface area contributed by atoms with Gasteiger partial charge in [0.2, 0.25) is 0 Å². The summed E-state index contributed by atoms with van der Waals surface area (Å²) in [4.78, 5) is 2.38. The van der Waals surface area contributed by atoms with Crippen LogP contribution >= 0.6 is 12.2 Å². The highest BCUT2D eigenvalue weighted by Crippen LogP contribution is 2.15. The SMILES string of the molecule is CCCC(C)N(C)Cc1ccc(C(N)=S)cc1F. The zero-order valence-corrected chi connectivity index (χ0v) is 12.1. The number of thiocarbonyl (C=S) groups is 1. The van der Waals surface area contributed by atoms with Crippen molar-refractivity contribution in [2.24, 2.45) is 5.73 Å². The molecule has 0 saturated heterocycles. The first kappa shape index (κ1) is 15.1. The molecule has 4 heteroatoms. The van der Waals surface area contributed by atoms with Crippen molar-refractivity contribution in [3.05, 3.63) is 35.1 Å². The van der Waals surface area contributed by atoms with Crippen molar-refractivity contribution in [3.8, 4) is 0 Å². The number of halogens is 1. The fraction of sp³-hybridized carbons (Fsp3) is 0.500. The van der Waals surface area contributed by atoms with Gasteiger partial charge >= 0.3 is 0 Å². The van der Waals surface area contributed by atoms with Crippen molar-refractivity contribution < 1.29 is 4.39 Å². The highest BCUT2D eigenvalue weighted by Gasteiger charge is 2.12. The van der Waals surface area contributed by atoms with Crippen LogP contribution in [0.25, 0.3) is 0 Å². The van der Waals surface area contributed by atoms with E-state index in [2.05, 4.69) is 18.7 Å². The molecule has 1 aromatic rings. The molecule has 0 radical (unpaired) electrons. The number of hydrogen-bond donors (Lipinski definition) is 1. The van der Waals surface area contributed by atoms with E-state index in [9.17, 15) is 4.39 Å². The van der Waals surface area contributed by atoms with Gasteiger partial charge in [0.05, 0.1) is 0 Å². The summed E-state index contributed by atoms with van der Waals surface area (Å²) in [7, 11) is 2.02. The summed E-state index contributed by atoms with van der Waals surface area (Å²) in [5.74, 6) is -0.240. The Hall–Kier alpha value is -1.00. The van der Waals surface area contributed by atoms with Gasteiger partial charge in [0, 0.05) is 23.7 Å². The Bertz CT molecular complexity index is 420. The van der Waals surface area contributed by atoms with Crippen LogP contribution in [0.2, 0.25) is 0 Å². The van der Waals surface area contributed by atoms with Crippen LogP contribution in [0.5, 0.6) is 0 Å². The minimum absolute atomic E-state index is 0.230. The van der Waals surface area contributed by atoms with Crippen molar-refractivity contribution in [1.29, 1.82) is 0 Å². The van der Waals surface area contributed by atoms with Crippen LogP contribution < -0.4 is 5.73 Å². The van der Waals surface area contributed by atoms with Gasteiger partial charge in [-0.3, -0.25) is 4.90 Å². The third-order valence-corrected chi connectivity index (χ3v) is 3.45. The smallest absolute Gasteiger partial charge is 0.128 e. The molecule has 0 aromatic heterocycles. The van der Waals surface area contributed by atoms with Crippen LogP contribution in [0, 0.1) is 5.82 Å². The van der Waals surface area contributed by atoms with Gasteiger partial charge in [0.15, 0.2) is 0 Å². The van der Waals surface area contributed by atoms with Crippen LogP contribution in [-0.2, 0) is 6.54 Å². The van der Waals surface area contributed by atoms with E-state index < -0.39 is 0 Å². The summed E-state index contributed by atoms with van der Waals surface area (Å²) in [5.41, 5.74) is 6.74. The van der Waals surface area contributed by atoms with Crippen LogP contribution in [0.3, 0.4) is 0 Å². The van der Waals surface area contributed by atoms with Gasteiger partial charge in [-0.2, -0.15) is 0 Å². The predicted octanol–water partition coefficient (Wildman–Crippen LogP) is 3.08. The molecule has 100 valence electrons. The second kappa shape index (κ2) is 6.81. The lowest BCUT2D eigenvalue weighted by Crippen LogP contribution is -2.28. The lowest BCUT2D eigenvalue weighted by atomic mass is 10.1. The topological polar surface area (TPSA) is 29.3 Å². The van der Waals surface area contributed by atoms with E-state index in [0.717, 1.165) is 12.8 Å². The van der Waals surface area contributed by atoms with E-state index in [1.807, 2.05) is 7.05 Å². The zero-order valence-electron chi connectivity index (χ0n) is 11.2. The zero-order chi connectivity index (χ0) is 13.7. The monoisotopic (exact) mass is 268 g/mol. The fourth-order valence-corrected chi connectivity index (χ4v) is 2.02. The molecular weight excluding hydrogens is 247 g/mol. The molecule has 2 nitrogen and oxygen atoms in total. The minimum atomic E-state index is -0.240. The van der Waals surface area contributed by atoms with Gasteiger partial charge in [-0.25, -0.2) is 4.39 Å². The lowest BCUT2D eigenvalue weighted by Gasteiger charge is -2.24. The first-order valence-corrected chi connectivity index (χ1v) is 6.65. The van der Waals surface area contributed by atoms with Crippen molar-refractivity contribution >= 4 is 17.2 Å².